The van der Waals surface area contributed by atoms with Gasteiger partial charge in [0.05, 0.1) is 0 Å². The van der Waals surface area contributed by atoms with E-state index >= 15 is 0 Å². The first-order valence-corrected chi connectivity index (χ1v) is 13.1. The highest BCUT2D eigenvalue weighted by Gasteiger charge is 2.29. The molecule has 2 nitrogen and oxygen atoms in total. The molecular formula is C26H54N2. The molecule has 2 N–H and O–H groups in total. The minimum Gasteiger partial charge on any atom is -0.326 e. The topological polar surface area (TPSA) is 29.3 Å². The van der Waals surface area contributed by atoms with E-state index in [2.05, 4.69) is 32.6 Å². The van der Waals surface area contributed by atoms with Gasteiger partial charge in [0.2, 0.25) is 0 Å². The van der Waals surface area contributed by atoms with Gasteiger partial charge >= 0.3 is 0 Å². The van der Waals surface area contributed by atoms with E-state index in [0.29, 0.717) is 18.1 Å². The van der Waals surface area contributed by atoms with Gasteiger partial charge in [-0.05, 0) is 52.0 Å². The Bertz CT molecular complexity index is 343. The standard InChI is InChI=1S/C26H54N2/c1-5-7-9-10-11-12-16-19-25-20-17-13-14-18-22-28(23(25)3)24(4)26(27)21-15-8-6-2/h23-26H,5-22,27H2,1-4H3. The summed E-state index contributed by atoms with van der Waals surface area (Å²) in [4.78, 5) is 2.81. The third-order valence-corrected chi connectivity index (χ3v) is 7.41. The summed E-state index contributed by atoms with van der Waals surface area (Å²) >= 11 is 0. The summed E-state index contributed by atoms with van der Waals surface area (Å²) in [6.45, 7) is 10.8. The number of unbranched alkanes of at least 4 members (excludes halogenated alkanes) is 8. The molecule has 1 aliphatic rings. The van der Waals surface area contributed by atoms with Gasteiger partial charge in [-0.2, -0.15) is 0 Å². The third-order valence-electron chi connectivity index (χ3n) is 7.41. The van der Waals surface area contributed by atoms with Crippen LogP contribution >= 0.6 is 0 Å². The SMILES string of the molecule is CCCCCCCCCC1CCCCCCN(C(C)C(N)CCCCC)C1C. The molecule has 4 atom stereocenters. The van der Waals surface area contributed by atoms with E-state index in [1.165, 1.54) is 116 Å². The maximum Gasteiger partial charge on any atom is 0.0221 e. The lowest BCUT2D eigenvalue weighted by molar-refractivity contribution is 0.0866. The van der Waals surface area contributed by atoms with E-state index in [1.807, 2.05) is 0 Å². The van der Waals surface area contributed by atoms with E-state index in [0.717, 1.165) is 5.92 Å². The highest BCUT2D eigenvalue weighted by molar-refractivity contribution is 4.86. The van der Waals surface area contributed by atoms with E-state index in [1.54, 1.807) is 0 Å². The maximum absolute atomic E-state index is 6.66. The first kappa shape index (κ1) is 26.0. The minimum atomic E-state index is 0.342. The molecule has 1 saturated heterocycles. The van der Waals surface area contributed by atoms with Crippen LogP contribution in [0.3, 0.4) is 0 Å². The second-order valence-corrected chi connectivity index (χ2v) is 9.75. The van der Waals surface area contributed by atoms with Gasteiger partial charge in [0, 0.05) is 18.1 Å². The first-order valence-electron chi connectivity index (χ1n) is 13.1. The molecule has 4 unspecified atom stereocenters. The van der Waals surface area contributed by atoms with Crippen LogP contribution in [0, 0.1) is 5.92 Å². The zero-order valence-electron chi connectivity index (χ0n) is 20.1. The van der Waals surface area contributed by atoms with E-state index in [4.69, 9.17) is 5.73 Å². The van der Waals surface area contributed by atoms with Gasteiger partial charge in [0.25, 0.3) is 0 Å². The average Bonchev–Trinajstić information content (AvgIpc) is 2.78. The maximum atomic E-state index is 6.66. The van der Waals surface area contributed by atoms with Crippen molar-refractivity contribution < 1.29 is 0 Å². The van der Waals surface area contributed by atoms with Gasteiger partial charge in [-0.15, -0.1) is 0 Å². The summed E-state index contributed by atoms with van der Waals surface area (Å²) in [7, 11) is 0. The van der Waals surface area contributed by atoms with Crippen molar-refractivity contribution in [2.45, 2.75) is 155 Å². The molecule has 0 aliphatic carbocycles. The molecule has 1 aliphatic heterocycles. The zero-order valence-corrected chi connectivity index (χ0v) is 20.1. The van der Waals surface area contributed by atoms with Gasteiger partial charge < -0.3 is 5.73 Å². The van der Waals surface area contributed by atoms with Crippen LogP contribution in [0.25, 0.3) is 0 Å². The lowest BCUT2D eigenvalue weighted by Gasteiger charge is -2.41. The van der Waals surface area contributed by atoms with Crippen molar-refractivity contribution in [1.29, 1.82) is 0 Å². The van der Waals surface area contributed by atoms with Gasteiger partial charge in [-0.25, -0.2) is 0 Å². The van der Waals surface area contributed by atoms with Crippen LogP contribution in [0.4, 0.5) is 0 Å². The highest BCUT2D eigenvalue weighted by Crippen LogP contribution is 2.29. The first-order chi connectivity index (χ1) is 13.6. The van der Waals surface area contributed by atoms with Crippen molar-refractivity contribution in [2.75, 3.05) is 6.54 Å². The second-order valence-electron chi connectivity index (χ2n) is 9.75. The Morgan fingerprint density at radius 2 is 1.43 bits per heavy atom. The van der Waals surface area contributed by atoms with E-state index in [9.17, 15) is 0 Å². The number of nitrogens with two attached hydrogens (primary N) is 1. The molecule has 1 rings (SSSR count). The lowest BCUT2D eigenvalue weighted by Crippen LogP contribution is -2.52. The molecule has 1 fully saturated rings. The molecular weight excluding hydrogens is 340 g/mol. The molecule has 0 radical (unpaired) electrons. The summed E-state index contributed by atoms with van der Waals surface area (Å²) in [5, 5.41) is 0. The molecule has 0 amide bonds. The van der Waals surface area contributed by atoms with Crippen molar-refractivity contribution in [3.63, 3.8) is 0 Å². The van der Waals surface area contributed by atoms with Crippen molar-refractivity contribution >= 4 is 0 Å². The fourth-order valence-corrected chi connectivity index (χ4v) is 5.21. The monoisotopic (exact) mass is 394 g/mol. The van der Waals surface area contributed by atoms with E-state index < -0.39 is 0 Å². The van der Waals surface area contributed by atoms with Gasteiger partial charge in [0.15, 0.2) is 0 Å². The largest absolute Gasteiger partial charge is 0.326 e. The number of hydrogen-bond acceptors (Lipinski definition) is 2. The lowest BCUT2D eigenvalue weighted by atomic mass is 9.87. The Labute approximate surface area is 178 Å². The molecule has 1 heterocycles. The Balaban J connectivity index is 2.52. The second kappa shape index (κ2) is 16.7. The molecule has 0 aromatic heterocycles. The van der Waals surface area contributed by atoms with Crippen LogP contribution in [0.1, 0.15) is 137 Å². The minimum absolute atomic E-state index is 0.342. The van der Waals surface area contributed by atoms with Gasteiger partial charge in [-0.1, -0.05) is 97.3 Å². The third kappa shape index (κ3) is 10.6. The van der Waals surface area contributed by atoms with Crippen LogP contribution in [-0.4, -0.2) is 29.6 Å². The number of hydrogen-bond donors (Lipinski definition) is 1. The molecule has 0 saturated carbocycles. The van der Waals surface area contributed by atoms with E-state index in [-0.39, 0.29) is 0 Å². The Hall–Kier alpha value is -0.0800. The average molecular weight is 395 g/mol. The molecule has 0 aromatic carbocycles. The van der Waals surface area contributed by atoms with Gasteiger partial charge in [0.1, 0.15) is 0 Å². The smallest absolute Gasteiger partial charge is 0.0221 e. The quantitative estimate of drug-likeness (QED) is 0.306. The summed E-state index contributed by atoms with van der Waals surface area (Å²) < 4.78 is 0. The molecule has 2 heteroatoms. The summed E-state index contributed by atoms with van der Waals surface area (Å²) in [5.41, 5.74) is 6.66. The van der Waals surface area contributed by atoms with Crippen LogP contribution in [0.2, 0.25) is 0 Å². The number of nitrogens with zero attached hydrogens (tertiary/aromatic N) is 1. The molecule has 28 heavy (non-hydrogen) atoms. The van der Waals surface area contributed by atoms with Crippen molar-refractivity contribution in [3.05, 3.63) is 0 Å². The van der Waals surface area contributed by atoms with Crippen LogP contribution in [0.5, 0.6) is 0 Å². The number of rotatable bonds is 14. The molecule has 0 aromatic rings. The van der Waals surface area contributed by atoms with Crippen molar-refractivity contribution in [2.24, 2.45) is 11.7 Å². The predicted molar refractivity (Wildman–Crippen MR) is 127 cm³/mol. The Kier molecular flexibility index (Phi) is 15.5. The van der Waals surface area contributed by atoms with Crippen molar-refractivity contribution in [1.82, 2.24) is 4.90 Å². The summed E-state index contributed by atoms with van der Waals surface area (Å²) in [6.07, 6.45) is 23.6. The van der Waals surface area contributed by atoms with Gasteiger partial charge in [-0.3, -0.25) is 4.90 Å². The Morgan fingerprint density at radius 1 is 0.821 bits per heavy atom. The molecule has 168 valence electrons. The van der Waals surface area contributed by atoms with Crippen LogP contribution < -0.4 is 5.73 Å². The fraction of sp³-hybridized carbons (Fsp3) is 1.00. The molecule has 0 spiro atoms. The predicted octanol–water partition coefficient (Wildman–Crippen LogP) is 7.69. The van der Waals surface area contributed by atoms with Crippen LogP contribution in [0.15, 0.2) is 0 Å². The molecule has 0 bridgehead atoms. The Morgan fingerprint density at radius 3 is 2.14 bits per heavy atom. The fourth-order valence-electron chi connectivity index (χ4n) is 5.21. The summed E-state index contributed by atoms with van der Waals surface area (Å²) in [5.74, 6) is 0.874. The summed E-state index contributed by atoms with van der Waals surface area (Å²) in [6, 6.07) is 1.57. The normalized spacial score (nSPS) is 24.3. The van der Waals surface area contributed by atoms with Crippen molar-refractivity contribution in [3.8, 4) is 0 Å². The highest BCUT2D eigenvalue weighted by atomic mass is 15.2. The zero-order chi connectivity index (χ0) is 20.6. The van der Waals surface area contributed by atoms with Crippen LogP contribution in [-0.2, 0) is 0 Å².